The Morgan fingerprint density at radius 3 is 2.84 bits per heavy atom. The van der Waals surface area contributed by atoms with Crippen LogP contribution in [0.15, 0.2) is 4.99 Å². The third kappa shape index (κ3) is 4.36. The molecule has 7 nitrogen and oxygen atoms in total. The summed E-state index contributed by atoms with van der Waals surface area (Å²) < 4.78 is 2.24. The first-order valence-electron chi connectivity index (χ1n) is 8.83. The minimum Gasteiger partial charge on any atom is -0.356 e. The summed E-state index contributed by atoms with van der Waals surface area (Å²) >= 11 is 1.78. The molecule has 0 saturated carbocycles. The fourth-order valence-corrected chi connectivity index (χ4v) is 4.03. The van der Waals surface area contributed by atoms with Gasteiger partial charge in [0.15, 0.2) is 5.96 Å². The van der Waals surface area contributed by atoms with Crippen LogP contribution in [0, 0.1) is 26.7 Å². The zero-order chi connectivity index (χ0) is 17.8. The van der Waals surface area contributed by atoms with Gasteiger partial charge in [-0.05, 0) is 33.1 Å². The normalized spacial score (nSPS) is 17.4. The van der Waals surface area contributed by atoms with Crippen molar-refractivity contribution in [2.75, 3.05) is 20.1 Å². The number of guanidine groups is 1. The molecule has 2 aromatic rings. The van der Waals surface area contributed by atoms with Crippen LogP contribution in [-0.2, 0) is 19.4 Å². The van der Waals surface area contributed by atoms with E-state index in [1.165, 1.54) is 9.88 Å². The molecular formula is C17H27N7S. The summed E-state index contributed by atoms with van der Waals surface area (Å²) in [6, 6.07) is 0. The quantitative estimate of drug-likeness (QED) is 0.625. The van der Waals surface area contributed by atoms with Gasteiger partial charge in [0, 0.05) is 44.4 Å². The molecule has 0 amide bonds. The molecule has 3 rings (SSSR count). The van der Waals surface area contributed by atoms with E-state index < -0.39 is 0 Å². The van der Waals surface area contributed by atoms with Crippen molar-refractivity contribution in [1.82, 2.24) is 30.4 Å². The number of rotatable bonds is 5. The zero-order valence-corrected chi connectivity index (χ0v) is 16.3. The largest absolute Gasteiger partial charge is 0.356 e. The van der Waals surface area contributed by atoms with E-state index in [0.717, 1.165) is 62.2 Å². The van der Waals surface area contributed by atoms with Gasteiger partial charge in [0.05, 0.1) is 10.7 Å². The van der Waals surface area contributed by atoms with Gasteiger partial charge in [-0.3, -0.25) is 4.99 Å². The Hall–Kier alpha value is -1.96. The third-order valence-corrected chi connectivity index (χ3v) is 5.85. The molecule has 0 aliphatic carbocycles. The van der Waals surface area contributed by atoms with Crippen molar-refractivity contribution in [2.45, 2.75) is 46.6 Å². The Kier molecular flexibility index (Phi) is 5.67. The van der Waals surface area contributed by atoms with Gasteiger partial charge in [0.25, 0.3) is 0 Å². The van der Waals surface area contributed by atoms with Crippen molar-refractivity contribution < 1.29 is 0 Å². The summed E-state index contributed by atoms with van der Waals surface area (Å²) in [4.78, 5) is 10.2. The summed E-state index contributed by atoms with van der Waals surface area (Å²) in [5, 5.41) is 16.4. The average molecular weight is 362 g/mol. The number of aromatic nitrogens is 4. The second kappa shape index (κ2) is 7.95. The topological polar surface area (TPSA) is 80.0 Å². The molecular weight excluding hydrogens is 334 g/mol. The molecule has 8 heteroatoms. The molecule has 1 aliphatic heterocycles. The highest BCUT2D eigenvalue weighted by molar-refractivity contribution is 7.11. The van der Waals surface area contributed by atoms with Crippen LogP contribution in [0.5, 0.6) is 0 Å². The molecule has 0 bridgehead atoms. The number of aryl methyl sites for hydroxylation is 4. The lowest BCUT2D eigenvalue weighted by atomic mass is 9.99. The van der Waals surface area contributed by atoms with Gasteiger partial charge in [0.1, 0.15) is 11.6 Å². The van der Waals surface area contributed by atoms with Crippen LogP contribution in [0.4, 0.5) is 0 Å². The summed E-state index contributed by atoms with van der Waals surface area (Å²) in [6.45, 7) is 8.94. The second-order valence-corrected chi connectivity index (χ2v) is 7.85. The van der Waals surface area contributed by atoms with Gasteiger partial charge >= 0.3 is 0 Å². The number of nitrogens with one attached hydrogen (secondary N) is 2. The fraction of sp³-hybridized carbons (Fsp3) is 0.647. The van der Waals surface area contributed by atoms with Crippen LogP contribution in [0.25, 0.3) is 0 Å². The smallest absolute Gasteiger partial charge is 0.191 e. The highest BCUT2D eigenvalue weighted by atomic mass is 32.1. The molecule has 3 heterocycles. The first kappa shape index (κ1) is 17.8. The number of aliphatic imine (C=N–C) groups is 1. The van der Waals surface area contributed by atoms with Crippen LogP contribution in [0.2, 0.25) is 0 Å². The number of thiazole rings is 1. The van der Waals surface area contributed by atoms with E-state index in [0.29, 0.717) is 5.92 Å². The van der Waals surface area contributed by atoms with Crippen molar-refractivity contribution in [3.05, 3.63) is 27.2 Å². The van der Waals surface area contributed by atoms with Crippen molar-refractivity contribution in [2.24, 2.45) is 10.9 Å². The molecule has 1 unspecified atom stereocenters. The van der Waals surface area contributed by atoms with Gasteiger partial charge in [-0.15, -0.1) is 21.5 Å². The SMILES string of the molecule is CN=C(NCCc1nc(C)c(C)s1)NCC1CCc2nnc(C)n2C1. The first-order valence-corrected chi connectivity index (χ1v) is 9.64. The van der Waals surface area contributed by atoms with Crippen LogP contribution >= 0.6 is 11.3 Å². The lowest BCUT2D eigenvalue weighted by molar-refractivity contribution is 0.358. The van der Waals surface area contributed by atoms with Gasteiger partial charge in [-0.2, -0.15) is 0 Å². The summed E-state index contributed by atoms with van der Waals surface area (Å²) in [5.74, 6) is 3.56. The Bertz CT molecular complexity index is 727. The van der Waals surface area contributed by atoms with E-state index in [2.05, 4.69) is 49.2 Å². The molecule has 2 N–H and O–H groups in total. The summed E-state index contributed by atoms with van der Waals surface area (Å²) in [5.41, 5.74) is 1.14. The fourth-order valence-electron chi connectivity index (χ4n) is 3.09. The van der Waals surface area contributed by atoms with Crippen molar-refractivity contribution >= 4 is 17.3 Å². The van der Waals surface area contributed by atoms with Crippen molar-refractivity contribution in [3.63, 3.8) is 0 Å². The predicted octanol–water partition coefficient (Wildman–Crippen LogP) is 1.63. The molecule has 0 aromatic carbocycles. The van der Waals surface area contributed by atoms with Crippen LogP contribution in [-0.4, -0.2) is 45.8 Å². The van der Waals surface area contributed by atoms with Crippen molar-refractivity contribution in [3.8, 4) is 0 Å². The van der Waals surface area contributed by atoms with E-state index in [4.69, 9.17) is 0 Å². The van der Waals surface area contributed by atoms with Gasteiger partial charge in [-0.1, -0.05) is 0 Å². The van der Waals surface area contributed by atoms with E-state index in [-0.39, 0.29) is 0 Å². The first-order chi connectivity index (χ1) is 12.1. The zero-order valence-electron chi connectivity index (χ0n) is 15.5. The minimum absolute atomic E-state index is 0.574. The van der Waals surface area contributed by atoms with Crippen molar-refractivity contribution in [1.29, 1.82) is 0 Å². The highest BCUT2D eigenvalue weighted by Gasteiger charge is 2.21. The third-order valence-electron chi connectivity index (χ3n) is 4.72. The highest BCUT2D eigenvalue weighted by Crippen LogP contribution is 2.19. The molecule has 25 heavy (non-hydrogen) atoms. The Labute approximate surface area is 153 Å². The number of nitrogens with zero attached hydrogens (tertiary/aromatic N) is 5. The van der Waals surface area contributed by atoms with E-state index in [9.17, 15) is 0 Å². The maximum Gasteiger partial charge on any atom is 0.191 e. The van der Waals surface area contributed by atoms with E-state index >= 15 is 0 Å². The average Bonchev–Trinajstić information content (AvgIpc) is 3.13. The standard InChI is InChI=1S/C17H27N7S/c1-11-12(2)25-16(21-11)7-8-19-17(18-4)20-9-14-5-6-15-23-22-13(3)24(15)10-14/h14H,5-10H2,1-4H3,(H2,18,19,20). The van der Waals surface area contributed by atoms with Gasteiger partial charge < -0.3 is 15.2 Å². The molecule has 1 aliphatic rings. The molecule has 2 aromatic heterocycles. The summed E-state index contributed by atoms with van der Waals surface area (Å²) in [7, 11) is 1.82. The molecule has 0 fully saturated rings. The maximum atomic E-state index is 4.58. The van der Waals surface area contributed by atoms with Crippen LogP contribution in [0.3, 0.4) is 0 Å². The number of hydrogen-bond acceptors (Lipinski definition) is 5. The number of fused-ring (bicyclic) bond motifs is 1. The predicted molar refractivity (Wildman–Crippen MR) is 101 cm³/mol. The Morgan fingerprint density at radius 1 is 1.28 bits per heavy atom. The minimum atomic E-state index is 0.574. The van der Waals surface area contributed by atoms with Crippen LogP contribution < -0.4 is 10.6 Å². The second-order valence-electron chi connectivity index (χ2n) is 6.56. The van der Waals surface area contributed by atoms with Gasteiger partial charge in [0.2, 0.25) is 0 Å². The van der Waals surface area contributed by atoms with E-state index in [1.807, 2.05) is 14.0 Å². The molecule has 0 spiro atoms. The number of hydrogen-bond donors (Lipinski definition) is 2. The molecule has 136 valence electrons. The molecule has 1 atom stereocenters. The lowest BCUT2D eigenvalue weighted by Crippen LogP contribution is -2.42. The Balaban J connectivity index is 1.43. The summed E-state index contributed by atoms with van der Waals surface area (Å²) in [6.07, 6.45) is 3.06. The lowest BCUT2D eigenvalue weighted by Gasteiger charge is -2.25. The monoisotopic (exact) mass is 361 g/mol. The Morgan fingerprint density at radius 2 is 2.12 bits per heavy atom. The maximum absolute atomic E-state index is 4.58. The van der Waals surface area contributed by atoms with Gasteiger partial charge in [-0.25, -0.2) is 4.98 Å². The molecule has 0 radical (unpaired) electrons. The molecule has 0 saturated heterocycles. The van der Waals surface area contributed by atoms with Crippen LogP contribution in [0.1, 0.15) is 33.6 Å². The van der Waals surface area contributed by atoms with E-state index in [1.54, 1.807) is 11.3 Å².